The zero-order valence-corrected chi connectivity index (χ0v) is 13.3. The Morgan fingerprint density at radius 1 is 0.947 bits per heavy atom. The van der Waals surface area contributed by atoms with E-state index in [1.165, 1.54) is 43.9 Å². The van der Waals surface area contributed by atoms with Crippen LogP contribution in [0.2, 0.25) is 12.6 Å². The van der Waals surface area contributed by atoms with Crippen molar-refractivity contribution in [2.24, 2.45) is 0 Å². The molecule has 0 N–H and O–H groups in total. The monoisotopic (exact) mass is 259 g/mol. The molecule has 0 aliphatic rings. The number of hydrogen-bond donors (Lipinski definition) is 0. The molecule has 0 spiro atoms. The summed E-state index contributed by atoms with van der Waals surface area (Å²) in [6.45, 7) is 6.41. The zero-order chi connectivity index (χ0) is 14.1. The van der Waals surface area contributed by atoms with E-state index in [0.717, 1.165) is 13.3 Å². The first-order chi connectivity index (χ1) is 9.19. The molecule has 0 saturated heterocycles. The summed E-state index contributed by atoms with van der Waals surface area (Å²) in [7, 11) is 4.31. The molecule has 0 aliphatic heterocycles. The summed E-state index contributed by atoms with van der Waals surface area (Å²) in [5.41, 5.74) is 3.11. The topological polar surface area (TPSA) is 3.24 Å². The maximum Gasteiger partial charge on any atom is 0.176 e. The second-order valence-corrected chi connectivity index (χ2v) is 5.92. The Labute approximate surface area is 120 Å². The molecule has 0 aromatic heterocycles. The number of hydrogen-bond acceptors (Lipinski definition) is 1. The molecular weight excluding hydrogens is 229 g/mol. The lowest BCUT2D eigenvalue weighted by Gasteiger charge is -2.20. The smallest absolute Gasteiger partial charge is 0.176 e. The molecule has 0 radical (unpaired) electrons. The second kappa shape index (κ2) is 9.20. The quantitative estimate of drug-likeness (QED) is 0.605. The van der Waals surface area contributed by atoms with Crippen molar-refractivity contribution in [2.75, 3.05) is 14.1 Å². The van der Waals surface area contributed by atoms with Crippen LogP contribution in [-0.2, 0) is 6.54 Å². The zero-order valence-electron chi connectivity index (χ0n) is 13.3. The van der Waals surface area contributed by atoms with Crippen LogP contribution in [-0.4, -0.2) is 25.7 Å². The Hall–Kier alpha value is -0.755. The van der Waals surface area contributed by atoms with Gasteiger partial charge in [0.1, 0.15) is 0 Å². The van der Waals surface area contributed by atoms with Gasteiger partial charge in [0, 0.05) is 6.54 Å². The predicted molar refractivity (Wildman–Crippen MR) is 88.7 cm³/mol. The number of benzene rings is 1. The van der Waals surface area contributed by atoms with Crippen molar-refractivity contribution in [3.8, 4) is 0 Å². The standard InChI is InChI=1S/C17H30BN/c1-5-7-13-18(14-8-6-2)17-12-10-9-11-16(17)15-19(3)4/h9-12H,5-8,13-15H2,1-4H3. The van der Waals surface area contributed by atoms with Gasteiger partial charge in [0.25, 0.3) is 0 Å². The average Bonchev–Trinajstić information content (AvgIpc) is 2.39. The van der Waals surface area contributed by atoms with Crippen LogP contribution in [0.5, 0.6) is 0 Å². The fourth-order valence-corrected chi connectivity index (χ4v) is 2.77. The molecule has 106 valence electrons. The molecule has 0 saturated carbocycles. The Morgan fingerprint density at radius 3 is 2.05 bits per heavy atom. The van der Waals surface area contributed by atoms with Gasteiger partial charge in [0.05, 0.1) is 0 Å². The van der Waals surface area contributed by atoms with Crippen LogP contribution in [0.15, 0.2) is 24.3 Å². The maximum atomic E-state index is 2.36. The van der Waals surface area contributed by atoms with Gasteiger partial charge in [0.15, 0.2) is 6.71 Å². The van der Waals surface area contributed by atoms with E-state index in [1.807, 2.05) is 0 Å². The normalized spacial score (nSPS) is 11.0. The van der Waals surface area contributed by atoms with E-state index in [-0.39, 0.29) is 0 Å². The van der Waals surface area contributed by atoms with Gasteiger partial charge in [-0.2, -0.15) is 0 Å². The first kappa shape index (κ1) is 16.3. The highest BCUT2D eigenvalue weighted by atomic mass is 15.0. The van der Waals surface area contributed by atoms with Crippen molar-refractivity contribution in [3.63, 3.8) is 0 Å². The van der Waals surface area contributed by atoms with Gasteiger partial charge >= 0.3 is 0 Å². The van der Waals surface area contributed by atoms with Gasteiger partial charge in [-0.05, 0) is 19.7 Å². The minimum atomic E-state index is 0.760. The number of nitrogens with zero attached hydrogens (tertiary/aromatic N) is 1. The van der Waals surface area contributed by atoms with E-state index in [4.69, 9.17) is 0 Å². The fourth-order valence-electron chi connectivity index (χ4n) is 2.77. The van der Waals surface area contributed by atoms with Crippen LogP contribution < -0.4 is 5.46 Å². The third-order valence-corrected chi connectivity index (χ3v) is 3.79. The Balaban J connectivity index is 2.85. The third-order valence-electron chi connectivity index (χ3n) is 3.79. The molecule has 1 nitrogen and oxygen atoms in total. The fraction of sp³-hybridized carbons (Fsp3) is 0.647. The van der Waals surface area contributed by atoms with Crippen LogP contribution >= 0.6 is 0 Å². The predicted octanol–water partition coefficient (Wildman–Crippen LogP) is 4.05. The highest BCUT2D eigenvalue weighted by Crippen LogP contribution is 2.13. The summed E-state index contributed by atoms with van der Waals surface area (Å²) in [4.78, 5) is 2.27. The highest BCUT2D eigenvalue weighted by molar-refractivity contribution is 6.73. The van der Waals surface area contributed by atoms with Crippen LogP contribution in [0, 0.1) is 0 Å². The lowest BCUT2D eigenvalue weighted by Crippen LogP contribution is -2.34. The summed E-state index contributed by atoms with van der Waals surface area (Å²) >= 11 is 0. The van der Waals surface area contributed by atoms with Crippen LogP contribution in [0.25, 0.3) is 0 Å². The van der Waals surface area contributed by atoms with Crippen molar-refractivity contribution in [1.29, 1.82) is 0 Å². The molecule has 0 heterocycles. The molecule has 19 heavy (non-hydrogen) atoms. The van der Waals surface area contributed by atoms with Crippen LogP contribution in [0.4, 0.5) is 0 Å². The third kappa shape index (κ3) is 5.82. The van der Waals surface area contributed by atoms with Gasteiger partial charge in [-0.25, -0.2) is 0 Å². The molecule has 0 fully saturated rings. The van der Waals surface area contributed by atoms with Gasteiger partial charge in [0.2, 0.25) is 0 Å². The average molecular weight is 259 g/mol. The molecule has 1 aromatic carbocycles. The number of unbranched alkanes of at least 4 members (excludes halogenated alkanes) is 2. The van der Waals surface area contributed by atoms with Gasteiger partial charge in [-0.1, -0.05) is 81.9 Å². The molecule has 0 amide bonds. The van der Waals surface area contributed by atoms with Gasteiger partial charge < -0.3 is 4.90 Å². The molecule has 1 rings (SSSR count). The van der Waals surface area contributed by atoms with Crippen molar-refractivity contribution in [1.82, 2.24) is 4.90 Å². The summed E-state index contributed by atoms with van der Waals surface area (Å²) in [5, 5.41) is 0. The van der Waals surface area contributed by atoms with E-state index < -0.39 is 0 Å². The van der Waals surface area contributed by atoms with E-state index in [0.29, 0.717) is 0 Å². The molecule has 0 unspecified atom stereocenters. The number of rotatable bonds is 9. The molecule has 2 heteroatoms. The van der Waals surface area contributed by atoms with E-state index in [1.54, 1.807) is 5.46 Å². The van der Waals surface area contributed by atoms with Crippen molar-refractivity contribution in [2.45, 2.75) is 58.7 Å². The van der Waals surface area contributed by atoms with Gasteiger partial charge in [-0.3, -0.25) is 0 Å². The van der Waals surface area contributed by atoms with E-state index in [9.17, 15) is 0 Å². The van der Waals surface area contributed by atoms with Crippen LogP contribution in [0.3, 0.4) is 0 Å². The lowest BCUT2D eigenvalue weighted by atomic mass is 9.39. The lowest BCUT2D eigenvalue weighted by molar-refractivity contribution is 0.403. The Morgan fingerprint density at radius 2 is 1.53 bits per heavy atom. The summed E-state index contributed by atoms with van der Waals surface area (Å²) in [6, 6.07) is 9.05. The molecule has 1 aromatic rings. The maximum absolute atomic E-state index is 2.36. The summed E-state index contributed by atoms with van der Waals surface area (Å²) in [5.74, 6) is 0. The van der Waals surface area contributed by atoms with Gasteiger partial charge in [-0.15, -0.1) is 0 Å². The molecule has 0 atom stereocenters. The summed E-state index contributed by atoms with van der Waals surface area (Å²) in [6.07, 6.45) is 8.01. The van der Waals surface area contributed by atoms with Crippen molar-refractivity contribution in [3.05, 3.63) is 29.8 Å². The van der Waals surface area contributed by atoms with Crippen molar-refractivity contribution >= 4 is 12.2 Å². The van der Waals surface area contributed by atoms with Crippen molar-refractivity contribution < 1.29 is 0 Å². The second-order valence-electron chi connectivity index (χ2n) is 5.92. The Kier molecular flexibility index (Phi) is 7.89. The van der Waals surface area contributed by atoms with Crippen LogP contribution in [0.1, 0.15) is 45.1 Å². The molecule has 0 bridgehead atoms. The first-order valence-electron chi connectivity index (χ1n) is 7.91. The largest absolute Gasteiger partial charge is 0.305 e. The minimum absolute atomic E-state index is 0.760. The summed E-state index contributed by atoms with van der Waals surface area (Å²) < 4.78 is 0. The van der Waals surface area contributed by atoms with E-state index >= 15 is 0 Å². The minimum Gasteiger partial charge on any atom is -0.305 e. The first-order valence-corrected chi connectivity index (χ1v) is 7.91. The Bertz CT molecular complexity index is 341. The molecular formula is C17H30BN. The molecule has 0 aliphatic carbocycles. The van der Waals surface area contributed by atoms with E-state index in [2.05, 4.69) is 57.1 Å². The highest BCUT2D eigenvalue weighted by Gasteiger charge is 2.18. The SMILES string of the molecule is CCCCB(CCCC)c1ccccc1CN(C)C.